The molecule has 1 aromatic rings. The summed E-state index contributed by atoms with van der Waals surface area (Å²) in [5, 5.41) is 12.5. The molecular weight excluding hydrogens is 302 g/mol. The number of hydrogen-bond donors (Lipinski definition) is 1. The summed E-state index contributed by atoms with van der Waals surface area (Å²) in [6.45, 7) is 5.25. The smallest absolute Gasteiger partial charge is 0.267 e. The number of nitrogens with one attached hydrogen (secondary N) is 1. The highest BCUT2D eigenvalue weighted by Crippen LogP contribution is 2.15. The van der Waals surface area contributed by atoms with Crippen LogP contribution in [0.3, 0.4) is 0 Å². The van der Waals surface area contributed by atoms with Gasteiger partial charge in [-0.25, -0.2) is 0 Å². The maximum absolute atomic E-state index is 12.2. The number of nitrogens with zero attached hydrogens (tertiary/aromatic N) is 2. The van der Waals surface area contributed by atoms with Gasteiger partial charge in [0.15, 0.2) is 0 Å². The summed E-state index contributed by atoms with van der Waals surface area (Å²) in [6, 6.07) is 8.69. The molecule has 116 valence electrons. The van der Waals surface area contributed by atoms with E-state index in [1.165, 1.54) is 0 Å². The van der Waals surface area contributed by atoms with Crippen LogP contribution in [0.1, 0.15) is 13.8 Å². The van der Waals surface area contributed by atoms with Gasteiger partial charge in [0, 0.05) is 30.0 Å². The zero-order valence-corrected chi connectivity index (χ0v) is 13.3. The zero-order chi connectivity index (χ0) is 16.1. The molecule has 1 N–H and O–H groups in total. The van der Waals surface area contributed by atoms with Gasteiger partial charge in [0.2, 0.25) is 0 Å². The Hall–Kier alpha value is -2.03. The topological polar surface area (TPSA) is 65.4 Å². The van der Waals surface area contributed by atoms with E-state index in [1.807, 2.05) is 24.8 Å². The number of amides is 1. The minimum atomic E-state index is -0.434. The highest BCUT2D eigenvalue weighted by Gasteiger charge is 2.21. The largest absolute Gasteiger partial charge is 0.372 e. The molecule has 0 bridgehead atoms. The van der Waals surface area contributed by atoms with E-state index in [1.54, 1.807) is 30.5 Å². The second-order valence-corrected chi connectivity index (χ2v) is 5.76. The quantitative estimate of drug-likeness (QED) is 0.687. The van der Waals surface area contributed by atoms with Crippen molar-refractivity contribution in [3.8, 4) is 6.07 Å². The summed E-state index contributed by atoms with van der Waals surface area (Å²) < 4.78 is 5.63. The lowest BCUT2D eigenvalue weighted by Gasteiger charge is -2.34. The predicted octanol–water partition coefficient (Wildman–Crippen LogP) is 2.80. The Labute approximate surface area is 135 Å². The van der Waals surface area contributed by atoms with E-state index >= 15 is 0 Å². The van der Waals surface area contributed by atoms with Gasteiger partial charge >= 0.3 is 0 Å². The van der Waals surface area contributed by atoms with Gasteiger partial charge in [-0.2, -0.15) is 5.26 Å². The van der Waals surface area contributed by atoms with Crippen LogP contribution in [0.15, 0.2) is 36.0 Å². The Kier molecular flexibility index (Phi) is 5.42. The first kappa shape index (κ1) is 16.3. The summed E-state index contributed by atoms with van der Waals surface area (Å²) in [6.07, 6.45) is 1.74. The molecule has 0 spiro atoms. The van der Waals surface area contributed by atoms with Crippen LogP contribution in [0.4, 0.5) is 5.69 Å². The summed E-state index contributed by atoms with van der Waals surface area (Å²) in [5.74, 6) is -0.434. The standard InChI is InChI=1S/C16H18ClN3O2/c1-11-8-20(9-12(2)22-11)10-13(7-18)16(21)19-15-5-3-14(17)4-6-15/h3-6,10-12H,8-9H2,1-2H3,(H,19,21)/b13-10-. The highest BCUT2D eigenvalue weighted by atomic mass is 35.5. The summed E-state index contributed by atoms with van der Waals surface area (Å²) in [7, 11) is 0. The molecule has 0 radical (unpaired) electrons. The lowest BCUT2D eigenvalue weighted by atomic mass is 10.2. The monoisotopic (exact) mass is 319 g/mol. The number of halogens is 1. The molecular formula is C16H18ClN3O2. The summed E-state index contributed by atoms with van der Waals surface area (Å²) >= 11 is 5.80. The molecule has 1 aliphatic heterocycles. The van der Waals surface area contributed by atoms with E-state index < -0.39 is 5.91 Å². The van der Waals surface area contributed by atoms with E-state index in [4.69, 9.17) is 16.3 Å². The molecule has 1 heterocycles. The lowest BCUT2D eigenvalue weighted by Crippen LogP contribution is -2.43. The first-order chi connectivity index (χ1) is 10.5. The summed E-state index contributed by atoms with van der Waals surface area (Å²) in [5.41, 5.74) is 0.663. The van der Waals surface area contributed by atoms with Gasteiger partial charge in [0.1, 0.15) is 11.6 Å². The average molecular weight is 320 g/mol. The highest BCUT2D eigenvalue weighted by molar-refractivity contribution is 6.30. The van der Waals surface area contributed by atoms with Gasteiger partial charge in [-0.3, -0.25) is 4.79 Å². The molecule has 1 aliphatic rings. The van der Waals surface area contributed by atoms with E-state index in [0.29, 0.717) is 23.8 Å². The number of nitriles is 1. The second kappa shape index (κ2) is 7.30. The number of anilines is 1. The zero-order valence-electron chi connectivity index (χ0n) is 12.5. The average Bonchev–Trinajstić information content (AvgIpc) is 2.46. The van der Waals surface area contributed by atoms with Gasteiger partial charge in [0.05, 0.1) is 12.2 Å². The van der Waals surface area contributed by atoms with Crippen molar-refractivity contribution in [2.75, 3.05) is 18.4 Å². The fourth-order valence-electron chi connectivity index (χ4n) is 2.38. The first-order valence-corrected chi connectivity index (χ1v) is 7.44. The van der Waals surface area contributed by atoms with Gasteiger partial charge < -0.3 is 15.0 Å². The van der Waals surface area contributed by atoms with Crippen molar-refractivity contribution in [3.05, 3.63) is 41.1 Å². The van der Waals surface area contributed by atoms with Crippen molar-refractivity contribution in [2.45, 2.75) is 26.1 Å². The molecule has 1 aromatic carbocycles. The van der Waals surface area contributed by atoms with Crippen LogP contribution in [0.25, 0.3) is 0 Å². The normalized spacial score (nSPS) is 22.1. The van der Waals surface area contributed by atoms with E-state index in [2.05, 4.69) is 5.32 Å². The van der Waals surface area contributed by atoms with Crippen LogP contribution in [-0.4, -0.2) is 36.1 Å². The van der Waals surface area contributed by atoms with Crippen LogP contribution in [0.2, 0.25) is 5.02 Å². The number of carbonyl (C=O) groups excluding carboxylic acids is 1. The number of carbonyl (C=O) groups is 1. The van der Waals surface area contributed by atoms with Crippen LogP contribution in [0, 0.1) is 11.3 Å². The molecule has 22 heavy (non-hydrogen) atoms. The second-order valence-electron chi connectivity index (χ2n) is 5.33. The predicted molar refractivity (Wildman–Crippen MR) is 85.4 cm³/mol. The van der Waals surface area contributed by atoms with Crippen molar-refractivity contribution in [1.29, 1.82) is 5.26 Å². The van der Waals surface area contributed by atoms with Crippen molar-refractivity contribution in [2.24, 2.45) is 0 Å². The third kappa shape index (κ3) is 4.48. The molecule has 2 atom stereocenters. The van der Waals surface area contributed by atoms with Crippen molar-refractivity contribution < 1.29 is 9.53 Å². The molecule has 2 unspecified atom stereocenters. The fourth-order valence-corrected chi connectivity index (χ4v) is 2.50. The minimum Gasteiger partial charge on any atom is -0.372 e. The minimum absolute atomic E-state index is 0.0660. The van der Waals surface area contributed by atoms with Crippen molar-refractivity contribution in [1.82, 2.24) is 4.90 Å². The van der Waals surface area contributed by atoms with Gasteiger partial charge in [-0.05, 0) is 38.1 Å². The first-order valence-electron chi connectivity index (χ1n) is 7.06. The van der Waals surface area contributed by atoms with Crippen LogP contribution >= 0.6 is 11.6 Å². The van der Waals surface area contributed by atoms with Crippen LogP contribution in [0.5, 0.6) is 0 Å². The Morgan fingerprint density at radius 2 is 1.95 bits per heavy atom. The molecule has 5 nitrogen and oxygen atoms in total. The van der Waals surface area contributed by atoms with Gasteiger partial charge in [0.25, 0.3) is 5.91 Å². The van der Waals surface area contributed by atoms with Crippen molar-refractivity contribution >= 4 is 23.2 Å². The number of hydrogen-bond acceptors (Lipinski definition) is 4. The maximum atomic E-state index is 12.2. The number of ether oxygens (including phenoxy) is 1. The third-order valence-electron chi connectivity index (χ3n) is 3.23. The summed E-state index contributed by atoms with van der Waals surface area (Å²) in [4.78, 5) is 14.1. The Bertz CT molecular complexity index is 597. The molecule has 0 saturated carbocycles. The van der Waals surface area contributed by atoms with Gasteiger partial charge in [-0.15, -0.1) is 0 Å². The Morgan fingerprint density at radius 1 is 1.36 bits per heavy atom. The lowest BCUT2D eigenvalue weighted by molar-refractivity contribution is -0.112. The fraction of sp³-hybridized carbons (Fsp3) is 0.375. The van der Waals surface area contributed by atoms with Crippen LogP contribution in [-0.2, 0) is 9.53 Å². The van der Waals surface area contributed by atoms with Gasteiger partial charge in [-0.1, -0.05) is 11.6 Å². The van der Waals surface area contributed by atoms with E-state index in [-0.39, 0.29) is 17.8 Å². The van der Waals surface area contributed by atoms with E-state index in [9.17, 15) is 10.1 Å². The number of benzene rings is 1. The molecule has 0 aromatic heterocycles. The molecule has 1 amide bonds. The molecule has 0 aliphatic carbocycles. The molecule has 1 fully saturated rings. The van der Waals surface area contributed by atoms with E-state index in [0.717, 1.165) is 0 Å². The molecule has 6 heteroatoms. The number of morpholine rings is 1. The maximum Gasteiger partial charge on any atom is 0.267 e. The third-order valence-corrected chi connectivity index (χ3v) is 3.48. The Balaban J connectivity index is 2.06. The SMILES string of the molecule is CC1CN(/C=C(/C#N)C(=O)Nc2ccc(Cl)cc2)CC(C)O1. The molecule has 1 saturated heterocycles. The van der Waals surface area contributed by atoms with Crippen LogP contribution < -0.4 is 5.32 Å². The Morgan fingerprint density at radius 3 is 2.50 bits per heavy atom. The van der Waals surface area contributed by atoms with Crippen molar-refractivity contribution in [3.63, 3.8) is 0 Å². The molecule has 2 rings (SSSR count). The number of rotatable bonds is 3.